The van der Waals surface area contributed by atoms with Crippen molar-refractivity contribution in [3.63, 3.8) is 0 Å². The molecule has 0 aromatic carbocycles. The zero-order valence-corrected chi connectivity index (χ0v) is 5.79. The molecule has 1 aromatic heterocycles. The molecule has 6 nitrogen and oxygen atoms in total. The monoisotopic (exact) mass is 157 g/mol. The van der Waals surface area contributed by atoms with Crippen LogP contribution in [0.15, 0.2) is 10.6 Å². The molecule has 0 spiro atoms. The first kappa shape index (κ1) is 7.55. The van der Waals surface area contributed by atoms with Crippen molar-refractivity contribution in [3.05, 3.63) is 11.8 Å². The predicted molar refractivity (Wildman–Crippen MR) is 35.2 cm³/mol. The van der Waals surface area contributed by atoms with E-state index in [1.807, 2.05) is 0 Å². The van der Waals surface area contributed by atoms with E-state index in [1.54, 1.807) is 6.92 Å². The van der Waals surface area contributed by atoms with Crippen molar-refractivity contribution >= 4 is 11.8 Å². The van der Waals surface area contributed by atoms with Crippen molar-refractivity contribution in [2.45, 2.75) is 6.92 Å². The lowest BCUT2D eigenvalue weighted by atomic mass is 10.5. The highest BCUT2D eigenvalue weighted by Crippen LogP contribution is 2.05. The number of aromatic nitrogens is 1. The molecule has 3 N–H and O–H groups in total. The molecular weight excluding hydrogens is 150 g/mol. The van der Waals surface area contributed by atoms with E-state index in [4.69, 9.17) is 5.21 Å². The normalized spacial score (nSPS) is 9.27. The van der Waals surface area contributed by atoms with Crippen LogP contribution < -0.4 is 10.8 Å². The van der Waals surface area contributed by atoms with E-state index in [-0.39, 0.29) is 5.82 Å². The van der Waals surface area contributed by atoms with Gasteiger partial charge >= 0.3 is 6.03 Å². The van der Waals surface area contributed by atoms with Crippen LogP contribution >= 0.6 is 0 Å². The van der Waals surface area contributed by atoms with E-state index in [0.717, 1.165) is 0 Å². The Morgan fingerprint density at radius 1 is 1.82 bits per heavy atom. The molecule has 0 aliphatic carbocycles. The SMILES string of the molecule is Cc1cc(NC(=O)NO)no1. The smallest absolute Gasteiger partial charge is 0.344 e. The second-order valence-corrected chi connectivity index (χ2v) is 1.89. The van der Waals surface area contributed by atoms with E-state index in [9.17, 15) is 4.79 Å². The Kier molecular flexibility index (Phi) is 2.07. The van der Waals surface area contributed by atoms with Gasteiger partial charge in [0.1, 0.15) is 5.76 Å². The van der Waals surface area contributed by atoms with E-state index >= 15 is 0 Å². The number of urea groups is 1. The molecule has 0 aliphatic rings. The second-order valence-electron chi connectivity index (χ2n) is 1.89. The number of hydrogen-bond donors (Lipinski definition) is 3. The van der Waals surface area contributed by atoms with Gasteiger partial charge in [-0.15, -0.1) is 0 Å². The van der Waals surface area contributed by atoms with Crippen LogP contribution in [0, 0.1) is 6.92 Å². The fourth-order valence-corrected chi connectivity index (χ4v) is 0.570. The Morgan fingerprint density at radius 3 is 3.00 bits per heavy atom. The molecule has 0 bridgehead atoms. The fraction of sp³-hybridized carbons (Fsp3) is 0.200. The van der Waals surface area contributed by atoms with E-state index in [1.165, 1.54) is 11.5 Å². The maximum absolute atomic E-state index is 10.4. The molecule has 0 aliphatic heterocycles. The number of carbonyl (C=O) groups is 1. The molecular formula is C5H7N3O3. The van der Waals surface area contributed by atoms with Crippen molar-refractivity contribution in [3.8, 4) is 0 Å². The van der Waals surface area contributed by atoms with Gasteiger partial charge in [0, 0.05) is 6.07 Å². The van der Waals surface area contributed by atoms with E-state index in [2.05, 4.69) is 15.0 Å². The van der Waals surface area contributed by atoms with E-state index in [0.29, 0.717) is 5.76 Å². The van der Waals surface area contributed by atoms with Gasteiger partial charge in [-0.2, -0.15) is 0 Å². The Hall–Kier alpha value is -1.56. The Morgan fingerprint density at radius 2 is 2.55 bits per heavy atom. The number of carbonyl (C=O) groups excluding carboxylic acids is 1. The number of hydrogen-bond acceptors (Lipinski definition) is 4. The van der Waals surface area contributed by atoms with Crippen LogP contribution in [-0.2, 0) is 0 Å². The quantitative estimate of drug-likeness (QED) is 0.409. The zero-order chi connectivity index (χ0) is 8.27. The number of nitrogens with one attached hydrogen (secondary N) is 2. The third kappa shape index (κ3) is 1.94. The van der Waals surface area contributed by atoms with Crippen molar-refractivity contribution in [2.75, 3.05) is 5.32 Å². The number of rotatable bonds is 1. The van der Waals surface area contributed by atoms with Gasteiger partial charge in [0.15, 0.2) is 5.82 Å². The minimum absolute atomic E-state index is 0.258. The third-order valence-corrected chi connectivity index (χ3v) is 0.971. The average Bonchev–Trinajstić information content (AvgIpc) is 2.35. The van der Waals surface area contributed by atoms with Crippen LogP contribution in [0.3, 0.4) is 0 Å². The molecule has 0 saturated carbocycles. The van der Waals surface area contributed by atoms with Gasteiger partial charge in [-0.1, -0.05) is 5.16 Å². The van der Waals surface area contributed by atoms with Gasteiger partial charge in [0.05, 0.1) is 0 Å². The molecule has 0 atom stereocenters. The summed E-state index contributed by atoms with van der Waals surface area (Å²) < 4.78 is 4.64. The summed E-state index contributed by atoms with van der Waals surface area (Å²) in [5, 5.41) is 13.7. The maximum Gasteiger partial charge on any atom is 0.344 e. The number of nitrogens with zero attached hydrogens (tertiary/aromatic N) is 1. The van der Waals surface area contributed by atoms with Gasteiger partial charge in [-0.25, -0.2) is 10.3 Å². The first-order valence-electron chi connectivity index (χ1n) is 2.87. The molecule has 11 heavy (non-hydrogen) atoms. The fourth-order valence-electron chi connectivity index (χ4n) is 0.570. The van der Waals surface area contributed by atoms with Gasteiger partial charge in [0.25, 0.3) is 0 Å². The minimum atomic E-state index is -0.752. The Bertz CT molecular complexity index is 257. The minimum Gasteiger partial charge on any atom is -0.360 e. The first-order chi connectivity index (χ1) is 5.22. The zero-order valence-electron chi connectivity index (χ0n) is 5.79. The van der Waals surface area contributed by atoms with Crippen LogP contribution in [0.25, 0.3) is 0 Å². The lowest BCUT2D eigenvalue weighted by Gasteiger charge is -1.95. The Labute approximate surface area is 62.1 Å². The van der Waals surface area contributed by atoms with Crippen LogP contribution in [0.1, 0.15) is 5.76 Å². The number of aryl methyl sites for hydroxylation is 1. The average molecular weight is 157 g/mol. The Balaban J connectivity index is 2.57. The summed E-state index contributed by atoms with van der Waals surface area (Å²) in [6.07, 6.45) is 0. The first-order valence-corrected chi connectivity index (χ1v) is 2.87. The van der Waals surface area contributed by atoms with Gasteiger partial charge < -0.3 is 4.52 Å². The van der Waals surface area contributed by atoms with Crippen LogP contribution in [-0.4, -0.2) is 16.4 Å². The molecule has 0 saturated heterocycles. The van der Waals surface area contributed by atoms with E-state index < -0.39 is 6.03 Å². The highest BCUT2D eigenvalue weighted by atomic mass is 16.5. The highest BCUT2D eigenvalue weighted by molar-refractivity contribution is 5.87. The number of anilines is 1. The lowest BCUT2D eigenvalue weighted by molar-refractivity contribution is 0.172. The molecule has 2 amide bonds. The maximum atomic E-state index is 10.4. The van der Waals surface area contributed by atoms with Gasteiger partial charge in [-0.05, 0) is 6.92 Å². The van der Waals surface area contributed by atoms with Crippen molar-refractivity contribution in [2.24, 2.45) is 0 Å². The molecule has 1 heterocycles. The van der Waals surface area contributed by atoms with Crippen LogP contribution in [0.2, 0.25) is 0 Å². The summed E-state index contributed by atoms with van der Waals surface area (Å²) in [4.78, 5) is 10.4. The molecule has 0 unspecified atom stereocenters. The van der Waals surface area contributed by atoms with Crippen molar-refractivity contribution in [1.82, 2.24) is 10.6 Å². The van der Waals surface area contributed by atoms with Crippen LogP contribution in [0.5, 0.6) is 0 Å². The summed E-state index contributed by atoms with van der Waals surface area (Å²) >= 11 is 0. The van der Waals surface area contributed by atoms with Crippen molar-refractivity contribution in [1.29, 1.82) is 0 Å². The van der Waals surface area contributed by atoms with Gasteiger partial charge in [-0.3, -0.25) is 10.5 Å². The summed E-state index contributed by atoms with van der Waals surface area (Å²) in [6, 6.07) is 0.771. The number of amides is 2. The topological polar surface area (TPSA) is 87.4 Å². The van der Waals surface area contributed by atoms with Crippen molar-refractivity contribution < 1.29 is 14.5 Å². The summed E-state index contributed by atoms with van der Waals surface area (Å²) in [7, 11) is 0. The molecule has 6 heteroatoms. The van der Waals surface area contributed by atoms with Gasteiger partial charge in [0.2, 0.25) is 0 Å². The van der Waals surface area contributed by atoms with Crippen LogP contribution in [0.4, 0.5) is 10.6 Å². The highest BCUT2D eigenvalue weighted by Gasteiger charge is 2.02. The number of hydroxylamine groups is 1. The molecule has 60 valence electrons. The summed E-state index contributed by atoms with van der Waals surface area (Å²) in [5.41, 5.74) is 1.39. The predicted octanol–water partition coefficient (Wildman–Crippen LogP) is 0.494. The second kappa shape index (κ2) is 3.02. The lowest BCUT2D eigenvalue weighted by Crippen LogP contribution is -2.25. The molecule has 0 radical (unpaired) electrons. The molecule has 1 aromatic rings. The third-order valence-electron chi connectivity index (χ3n) is 0.971. The largest absolute Gasteiger partial charge is 0.360 e. The summed E-state index contributed by atoms with van der Waals surface area (Å²) in [6.45, 7) is 1.69. The standard InChI is InChI=1S/C5H7N3O3/c1-3-2-4(8-11-3)6-5(9)7-10/h2,10H,1H3,(H2,6,7,8,9). The summed E-state index contributed by atoms with van der Waals surface area (Å²) in [5.74, 6) is 0.840. The molecule has 0 fully saturated rings. The molecule has 1 rings (SSSR count).